The highest BCUT2D eigenvalue weighted by Crippen LogP contribution is 2.40. The third-order valence-corrected chi connectivity index (χ3v) is 11.7. The molecule has 0 N–H and O–H groups in total. The Morgan fingerprint density at radius 2 is 0.895 bits per heavy atom. The van der Waals surface area contributed by atoms with Gasteiger partial charge in [-0.2, -0.15) is 0 Å². The zero-order chi connectivity index (χ0) is 37.5. The van der Waals surface area contributed by atoms with Crippen LogP contribution in [-0.4, -0.2) is 24.9 Å². The van der Waals surface area contributed by atoms with Crippen molar-refractivity contribution >= 4 is 75.5 Å². The van der Waals surface area contributed by atoms with E-state index in [0.29, 0.717) is 28.9 Å². The Kier molecular flexibility index (Phi) is 6.96. The Bertz CT molecular complexity index is 3540. The van der Waals surface area contributed by atoms with E-state index < -0.39 is 0 Å². The molecule has 12 aromatic rings. The van der Waals surface area contributed by atoms with Crippen molar-refractivity contribution in [1.29, 1.82) is 0 Å². The van der Waals surface area contributed by atoms with Gasteiger partial charge >= 0.3 is 0 Å². The second kappa shape index (κ2) is 12.5. The molecule has 5 heterocycles. The van der Waals surface area contributed by atoms with Crippen LogP contribution >= 0.6 is 11.3 Å². The molecule has 0 fully saturated rings. The van der Waals surface area contributed by atoms with Crippen LogP contribution in [0.5, 0.6) is 0 Å². The predicted molar refractivity (Wildman–Crippen MR) is 230 cm³/mol. The Hall–Kier alpha value is -7.55. The molecule has 8 heteroatoms. The summed E-state index contributed by atoms with van der Waals surface area (Å²) >= 11 is 1.75. The van der Waals surface area contributed by atoms with E-state index in [1.807, 2.05) is 97.1 Å². The minimum absolute atomic E-state index is 0.600. The molecule has 0 aliphatic carbocycles. The summed E-state index contributed by atoms with van der Waals surface area (Å²) in [5, 5.41) is 5.33. The van der Waals surface area contributed by atoms with Crippen molar-refractivity contribution in [3.05, 3.63) is 164 Å². The molecule has 0 spiro atoms. The van der Waals surface area contributed by atoms with Gasteiger partial charge in [0.15, 0.2) is 28.9 Å². The fraction of sp³-hybridized carbons (Fsp3) is 0. The fourth-order valence-electron chi connectivity index (χ4n) is 7.78. The molecule has 7 aromatic carbocycles. The molecule has 266 valence electrons. The molecule has 0 aliphatic heterocycles. The lowest BCUT2D eigenvalue weighted by atomic mass is 10.1. The van der Waals surface area contributed by atoms with Gasteiger partial charge in [0.2, 0.25) is 0 Å². The van der Waals surface area contributed by atoms with Gasteiger partial charge in [-0.3, -0.25) is 0 Å². The molecule has 0 radical (unpaired) electrons. The van der Waals surface area contributed by atoms with E-state index in [0.717, 1.165) is 87.4 Å². The number of benzene rings is 7. The van der Waals surface area contributed by atoms with Gasteiger partial charge in [-0.15, -0.1) is 11.3 Å². The number of thiophene rings is 1. The monoisotopic (exact) mass is 749 g/mol. The zero-order valence-electron chi connectivity index (χ0n) is 30.0. The molecule has 57 heavy (non-hydrogen) atoms. The number of hydrogen-bond donors (Lipinski definition) is 0. The van der Waals surface area contributed by atoms with E-state index >= 15 is 0 Å². The van der Waals surface area contributed by atoms with Crippen molar-refractivity contribution in [2.24, 2.45) is 0 Å². The summed E-state index contributed by atoms with van der Waals surface area (Å²) in [5.41, 5.74) is 9.39. The largest absolute Gasteiger partial charge is 0.456 e. The van der Waals surface area contributed by atoms with Crippen molar-refractivity contribution < 1.29 is 8.83 Å². The molecule has 0 unspecified atom stereocenters. The fourth-order valence-corrected chi connectivity index (χ4v) is 8.91. The second-order valence-corrected chi connectivity index (χ2v) is 15.1. The Balaban J connectivity index is 0.989. The summed E-state index contributed by atoms with van der Waals surface area (Å²) in [6.07, 6.45) is 0. The smallest absolute Gasteiger partial charge is 0.180 e. The predicted octanol–water partition coefficient (Wildman–Crippen LogP) is 13.2. The number of fused-ring (bicyclic) bond motifs is 9. The Morgan fingerprint density at radius 1 is 0.333 bits per heavy atom. The third-order valence-electron chi connectivity index (χ3n) is 10.6. The van der Waals surface area contributed by atoms with Crippen LogP contribution in [-0.2, 0) is 0 Å². The molecule has 7 nitrogen and oxygen atoms in total. The SMILES string of the molecule is c1ccc(-c2nc(-c3ccc4oc5ccccc5c4c3)nc(-c3ccc4sc5cc(-c6nc(-c7ccccc7)c7oc8ccccc8c7n6)ccc5c4c3)n2)cc1. The number of para-hydroxylation sites is 2. The van der Waals surface area contributed by atoms with Crippen LogP contribution in [0.15, 0.2) is 173 Å². The maximum Gasteiger partial charge on any atom is 0.180 e. The summed E-state index contributed by atoms with van der Waals surface area (Å²) in [5.74, 6) is 2.48. The average molecular weight is 750 g/mol. The summed E-state index contributed by atoms with van der Waals surface area (Å²) in [6, 6.07) is 55.4. The maximum atomic E-state index is 6.34. The first-order valence-electron chi connectivity index (χ1n) is 18.7. The van der Waals surface area contributed by atoms with E-state index in [9.17, 15) is 0 Å². The van der Waals surface area contributed by atoms with Gasteiger partial charge in [0.05, 0.1) is 0 Å². The van der Waals surface area contributed by atoms with Crippen LogP contribution in [0.25, 0.3) is 121 Å². The first-order valence-corrected chi connectivity index (χ1v) is 19.5. The quantitative estimate of drug-likeness (QED) is 0.173. The second-order valence-electron chi connectivity index (χ2n) is 14.0. The topological polar surface area (TPSA) is 90.7 Å². The number of furan rings is 2. The minimum atomic E-state index is 0.600. The molecule has 0 amide bonds. The normalized spacial score (nSPS) is 11.9. The van der Waals surface area contributed by atoms with Crippen LogP contribution in [0.4, 0.5) is 0 Å². The van der Waals surface area contributed by atoms with Crippen LogP contribution in [0.1, 0.15) is 0 Å². The highest BCUT2D eigenvalue weighted by molar-refractivity contribution is 7.25. The van der Waals surface area contributed by atoms with Crippen LogP contribution in [0.3, 0.4) is 0 Å². The summed E-state index contributed by atoms with van der Waals surface area (Å²) < 4.78 is 14.8. The van der Waals surface area contributed by atoms with Gasteiger partial charge in [0, 0.05) is 64.1 Å². The van der Waals surface area contributed by atoms with E-state index in [2.05, 4.69) is 66.7 Å². The van der Waals surface area contributed by atoms with Gasteiger partial charge in [0.25, 0.3) is 0 Å². The molecule has 0 atom stereocenters. The van der Waals surface area contributed by atoms with Gasteiger partial charge in [0.1, 0.15) is 28.0 Å². The molecule has 0 bridgehead atoms. The summed E-state index contributed by atoms with van der Waals surface area (Å²) in [4.78, 5) is 25.4. The lowest BCUT2D eigenvalue weighted by molar-refractivity contribution is 0.667. The summed E-state index contributed by atoms with van der Waals surface area (Å²) in [7, 11) is 0. The van der Waals surface area contributed by atoms with E-state index in [1.54, 1.807) is 11.3 Å². The highest BCUT2D eigenvalue weighted by atomic mass is 32.1. The first-order chi connectivity index (χ1) is 28.2. The number of rotatable bonds is 5. The lowest BCUT2D eigenvalue weighted by Gasteiger charge is -2.09. The molecular weight excluding hydrogens is 723 g/mol. The molecule has 0 saturated heterocycles. The first kappa shape index (κ1) is 31.8. The molecular formula is C49H27N5O2S. The van der Waals surface area contributed by atoms with Crippen molar-refractivity contribution in [1.82, 2.24) is 24.9 Å². The summed E-state index contributed by atoms with van der Waals surface area (Å²) in [6.45, 7) is 0. The Labute approximate surface area is 328 Å². The van der Waals surface area contributed by atoms with E-state index in [4.69, 9.17) is 33.8 Å². The zero-order valence-corrected chi connectivity index (χ0v) is 30.9. The van der Waals surface area contributed by atoms with Crippen LogP contribution in [0.2, 0.25) is 0 Å². The maximum absolute atomic E-state index is 6.34. The van der Waals surface area contributed by atoms with Crippen molar-refractivity contribution in [3.63, 3.8) is 0 Å². The number of nitrogens with zero attached hydrogens (tertiary/aromatic N) is 5. The van der Waals surface area contributed by atoms with Crippen molar-refractivity contribution in [2.75, 3.05) is 0 Å². The van der Waals surface area contributed by atoms with E-state index in [-0.39, 0.29) is 0 Å². The third kappa shape index (κ3) is 5.22. The minimum Gasteiger partial charge on any atom is -0.456 e. The molecule has 5 aromatic heterocycles. The van der Waals surface area contributed by atoms with E-state index in [1.165, 1.54) is 4.70 Å². The lowest BCUT2D eigenvalue weighted by Crippen LogP contribution is -2.00. The molecule has 0 aliphatic rings. The average Bonchev–Trinajstić information content (AvgIpc) is 3.97. The standard InChI is InChI=1S/C49H27N5O2S/c1-3-11-28(12-4-1)43-45-44(35-16-8-10-18-39(35)56-45)51-47(50-43)32-19-22-34-37-26-31(21-24-41(37)57-42(34)27-32)49-53-46(29-13-5-2-6-14-29)52-48(54-49)30-20-23-40-36(25-30)33-15-7-9-17-38(33)55-40/h1-27H. The molecule has 12 rings (SSSR count). The van der Waals surface area contributed by atoms with Gasteiger partial charge in [-0.25, -0.2) is 24.9 Å². The van der Waals surface area contributed by atoms with Crippen molar-refractivity contribution in [3.8, 4) is 56.8 Å². The van der Waals surface area contributed by atoms with Crippen molar-refractivity contribution in [2.45, 2.75) is 0 Å². The van der Waals surface area contributed by atoms with Gasteiger partial charge in [-0.05, 0) is 60.7 Å². The molecule has 0 saturated carbocycles. The van der Waals surface area contributed by atoms with Gasteiger partial charge < -0.3 is 8.83 Å². The Morgan fingerprint density at radius 3 is 1.67 bits per heavy atom. The van der Waals surface area contributed by atoms with Crippen LogP contribution < -0.4 is 0 Å². The highest BCUT2D eigenvalue weighted by Gasteiger charge is 2.20. The number of aromatic nitrogens is 5. The number of hydrogen-bond acceptors (Lipinski definition) is 8. The van der Waals surface area contributed by atoms with Gasteiger partial charge in [-0.1, -0.05) is 103 Å². The van der Waals surface area contributed by atoms with Crippen LogP contribution in [0, 0.1) is 0 Å².